The number of furan rings is 1. The van der Waals surface area contributed by atoms with Crippen LogP contribution in [-0.4, -0.2) is 43.9 Å². The van der Waals surface area contributed by atoms with Crippen molar-refractivity contribution in [3.8, 4) is 22.8 Å². The molecule has 228 valence electrons. The predicted octanol–water partition coefficient (Wildman–Crippen LogP) is 5.01. The SMILES string of the molecule is CCOC(=O)C1=C(C)N=c2s/c(=C/c3ccc(-c4ccc(C(=O)OC)cc4)o3)c(=O)n2[C@@H]1c1cc(OC)c(OCC)cc1Br. The fourth-order valence-electron chi connectivity index (χ4n) is 4.88. The molecule has 0 saturated heterocycles. The molecule has 12 heteroatoms. The van der Waals surface area contributed by atoms with Crippen molar-refractivity contribution in [3.05, 3.63) is 101 Å². The zero-order chi connectivity index (χ0) is 31.5. The zero-order valence-corrected chi connectivity index (χ0v) is 27.0. The Morgan fingerprint density at radius 3 is 2.45 bits per heavy atom. The summed E-state index contributed by atoms with van der Waals surface area (Å²) < 4.78 is 30.0. The smallest absolute Gasteiger partial charge is 0.338 e. The molecule has 10 nitrogen and oxygen atoms in total. The van der Waals surface area contributed by atoms with Crippen LogP contribution < -0.4 is 24.4 Å². The second kappa shape index (κ2) is 13.1. The number of carbonyl (C=O) groups is 2. The largest absolute Gasteiger partial charge is 0.493 e. The van der Waals surface area contributed by atoms with Crippen molar-refractivity contribution in [1.82, 2.24) is 4.57 Å². The molecule has 0 unspecified atom stereocenters. The lowest BCUT2D eigenvalue weighted by molar-refractivity contribution is -0.139. The number of methoxy groups -OCH3 is 2. The number of halogens is 1. The normalized spacial score (nSPS) is 14.6. The van der Waals surface area contributed by atoms with Crippen LogP contribution in [0.15, 0.2) is 78.5 Å². The van der Waals surface area contributed by atoms with Gasteiger partial charge < -0.3 is 23.4 Å². The Bertz CT molecular complexity index is 1950. The van der Waals surface area contributed by atoms with E-state index in [4.69, 9.17) is 23.4 Å². The van der Waals surface area contributed by atoms with Crippen LogP contribution in [0.2, 0.25) is 0 Å². The third-order valence-electron chi connectivity index (χ3n) is 6.89. The summed E-state index contributed by atoms with van der Waals surface area (Å²) in [4.78, 5) is 44.1. The number of allylic oxidation sites excluding steroid dienone is 1. The average Bonchev–Trinajstić information content (AvgIpc) is 3.60. The van der Waals surface area contributed by atoms with Gasteiger partial charge in [0.25, 0.3) is 5.56 Å². The summed E-state index contributed by atoms with van der Waals surface area (Å²) in [6.07, 6.45) is 1.64. The van der Waals surface area contributed by atoms with Gasteiger partial charge in [0.05, 0.1) is 54.8 Å². The minimum absolute atomic E-state index is 0.159. The molecule has 2 aromatic heterocycles. The van der Waals surface area contributed by atoms with E-state index >= 15 is 0 Å². The number of thiazole rings is 1. The second-order valence-electron chi connectivity index (χ2n) is 9.53. The van der Waals surface area contributed by atoms with Gasteiger partial charge >= 0.3 is 11.9 Å². The summed E-state index contributed by atoms with van der Waals surface area (Å²) in [7, 11) is 2.85. The summed E-state index contributed by atoms with van der Waals surface area (Å²) in [5.41, 5.74) is 2.11. The Hall–Kier alpha value is -4.42. The van der Waals surface area contributed by atoms with Crippen molar-refractivity contribution in [2.45, 2.75) is 26.8 Å². The quantitative estimate of drug-likeness (QED) is 0.226. The van der Waals surface area contributed by atoms with Gasteiger partial charge in [-0.25, -0.2) is 14.6 Å². The maximum Gasteiger partial charge on any atom is 0.338 e. The van der Waals surface area contributed by atoms with Crippen LogP contribution in [0, 0.1) is 0 Å². The van der Waals surface area contributed by atoms with Crippen molar-refractivity contribution in [2.75, 3.05) is 27.4 Å². The van der Waals surface area contributed by atoms with E-state index in [1.54, 1.807) is 68.5 Å². The minimum Gasteiger partial charge on any atom is -0.493 e. The molecule has 0 fully saturated rings. The minimum atomic E-state index is -0.855. The number of esters is 2. The molecule has 0 bridgehead atoms. The highest BCUT2D eigenvalue weighted by molar-refractivity contribution is 9.10. The molecule has 3 heterocycles. The summed E-state index contributed by atoms with van der Waals surface area (Å²) in [5, 5.41) is 0. The summed E-state index contributed by atoms with van der Waals surface area (Å²) in [5.74, 6) is 0.982. The van der Waals surface area contributed by atoms with Crippen LogP contribution in [0.5, 0.6) is 11.5 Å². The van der Waals surface area contributed by atoms with Crippen molar-refractivity contribution < 1.29 is 33.0 Å². The summed E-state index contributed by atoms with van der Waals surface area (Å²) in [6.45, 7) is 5.90. The molecule has 0 radical (unpaired) electrons. The molecular formula is C32H29BrN2O8S. The van der Waals surface area contributed by atoms with E-state index in [-0.39, 0.29) is 17.7 Å². The molecule has 1 aliphatic heterocycles. The first-order chi connectivity index (χ1) is 21.2. The molecule has 0 N–H and O–H groups in total. The van der Waals surface area contributed by atoms with Crippen molar-refractivity contribution in [1.29, 1.82) is 0 Å². The highest BCUT2D eigenvalue weighted by Crippen LogP contribution is 2.41. The number of carbonyl (C=O) groups excluding carboxylic acids is 2. The van der Waals surface area contributed by atoms with E-state index in [0.29, 0.717) is 60.3 Å². The Kier molecular flexibility index (Phi) is 9.21. The molecule has 0 spiro atoms. The van der Waals surface area contributed by atoms with Crippen LogP contribution in [0.1, 0.15) is 48.5 Å². The molecule has 1 aliphatic rings. The maximum absolute atomic E-state index is 14.0. The number of hydrogen-bond donors (Lipinski definition) is 0. The fourth-order valence-corrected chi connectivity index (χ4v) is 6.44. The third kappa shape index (κ3) is 5.87. The Balaban J connectivity index is 1.62. The number of benzene rings is 2. The van der Waals surface area contributed by atoms with E-state index in [1.807, 2.05) is 6.92 Å². The molecule has 4 aromatic rings. The van der Waals surface area contributed by atoms with E-state index in [1.165, 1.54) is 30.1 Å². The summed E-state index contributed by atoms with van der Waals surface area (Å²) in [6, 6.07) is 13.0. The van der Waals surface area contributed by atoms with Gasteiger partial charge in [-0.1, -0.05) is 39.4 Å². The van der Waals surface area contributed by atoms with Gasteiger partial charge in [0, 0.05) is 16.1 Å². The van der Waals surface area contributed by atoms with E-state index in [9.17, 15) is 14.4 Å². The van der Waals surface area contributed by atoms with Crippen molar-refractivity contribution in [2.24, 2.45) is 4.99 Å². The van der Waals surface area contributed by atoms with Gasteiger partial charge in [-0.2, -0.15) is 0 Å². The first-order valence-electron chi connectivity index (χ1n) is 13.7. The first kappa shape index (κ1) is 31.0. The number of hydrogen-bond acceptors (Lipinski definition) is 10. The van der Waals surface area contributed by atoms with E-state index in [0.717, 1.165) is 5.56 Å². The van der Waals surface area contributed by atoms with Crippen LogP contribution >= 0.6 is 27.3 Å². The molecule has 1 atom stereocenters. The Morgan fingerprint density at radius 1 is 1.05 bits per heavy atom. The van der Waals surface area contributed by atoms with Crippen LogP contribution in [0.4, 0.5) is 0 Å². The average molecular weight is 682 g/mol. The molecule has 0 saturated carbocycles. The van der Waals surface area contributed by atoms with Gasteiger partial charge in [0.2, 0.25) is 0 Å². The van der Waals surface area contributed by atoms with Crippen molar-refractivity contribution >= 4 is 45.3 Å². The number of rotatable bonds is 9. The molecular weight excluding hydrogens is 652 g/mol. The molecule has 44 heavy (non-hydrogen) atoms. The maximum atomic E-state index is 14.0. The highest BCUT2D eigenvalue weighted by atomic mass is 79.9. The molecule has 2 aromatic carbocycles. The van der Waals surface area contributed by atoms with Gasteiger partial charge in [-0.15, -0.1) is 0 Å². The van der Waals surface area contributed by atoms with Crippen LogP contribution in [-0.2, 0) is 14.3 Å². The molecule has 5 rings (SSSR count). The lowest BCUT2D eigenvalue weighted by Gasteiger charge is -2.26. The van der Waals surface area contributed by atoms with Gasteiger partial charge in [-0.05, 0) is 62.7 Å². The molecule has 0 aliphatic carbocycles. The lowest BCUT2D eigenvalue weighted by atomic mass is 9.95. The number of aromatic nitrogens is 1. The van der Waals surface area contributed by atoms with Gasteiger partial charge in [0.15, 0.2) is 16.3 Å². The van der Waals surface area contributed by atoms with Gasteiger partial charge in [0.1, 0.15) is 11.5 Å². The number of ether oxygens (including phenoxy) is 4. The fraction of sp³-hybridized carbons (Fsp3) is 0.250. The van der Waals surface area contributed by atoms with Crippen LogP contribution in [0.25, 0.3) is 17.4 Å². The lowest BCUT2D eigenvalue weighted by Crippen LogP contribution is -2.40. The number of nitrogens with zero attached hydrogens (tertiary/aromatic N) is 2. The predicted molar refractivity (Wildman–Crippen MR) is 168 cm³/mol. The zero-order valence-electron chi connectivity index (χ0n) is 24.6. The van der Waals surface area contributed by atoms with E-state index in [2.05, 4.69) is 20.9 Å². The first-order valence-corrected chi connectivity index (χ1v) is 15.3. The monoisotopic (exact) mass is 680 g/mol. The van der Waals surface area contributed by atoms with Gasteiger partial charge in [-0.3, -0.25) is 9.36 Å². The van der Waals surface area contributed by atoms with E-state index < -0.39 is 18.0 Å². The summed E-state index contributed by atoms with van der Waals surface area (Å²) >= 11 is 4.81. The Morgan fingerprint density at radius 2 is 1.80 bits per heavy atom. The van der Waals surface area contributed by atoms with Crippen LogP contribution in [0.3, 0.4) is 0 Å². The second-order valence-corrected chi connectivity index (χ2v) is 11.4. The highest BCUT2D eigenvalue weighted by Gasteiger charge is 2.35. The molecule has 0 amide bonds. The standard InChI is InChI=1S/C32H29BrN2O8S/c1-6-41-25-16-22(33)21(15-24(25)39-4)28-27(31(38)42-7-2)17(3)34-32-35(28)29(36)26(44-32)14-20-12-13-23(43-20)18-8-10-19(11-9-18)30(37)40-5/h8-16,28H,6-7H2,1-5H3/b26-14+/t28-/m1/s1. The topological polar surface area (TPSA) is 119 Å². The Labute approximate surface area is 265 Å². The third-order valence-corrected chi connectivity index (χ3v) is 8.55. The number of fused-ring (bicyclic) bond motifs is 1. The van der Waals surface area contributed by atoms with Crippen molar-refractivity contribution in [3.63, 3.8) is 0 Å².